The molecule has 1 saturated heterocycles. The summed E-state index contributed by atoms with van der Waals surface area (Å²) in [4.78, 5) is 91.7. The Balaban J connectivity index is 1.88. The Labute approximate surface area is 303 Å². The number of carbonyl (C=O) groups excluding carboxylic acids is 6. The minimum Gasteiger partial charge on any atom is -0.462 e. The normalized spacial score (nSPS) is 17.7. The van der Waals surface area contributed by atoms with Gasteiger partial charge in [-0.2, -0.15) is 0 Å². The van der Waals surface area contributed by atoms with E-state index in [1.165, 1.54) is 24.1 Å². The van der Waals surface area contributed by atoms with Crippen LogP contribution in [0.5, 0.6) is 0 Å². The second-order valence-electron chi connectivity index (χ2n) is 11.8. The van der Waals surface area contributed by atoms with Gasteiger partial charge in [-0.25, -0.2) is 9.69 Å². The molecular formula is C36H37N3O12S. The Morgan fingerprint density at radius 2 is 1.35 bits per heavy atom. The third-order valence-corrected chi connectivity index (χ3v) is 9.50. The molecule has 0 N–H and O–H groups in total. The molecule has 0 unspecified atom stereocenters. The number of hydrogen-bond acceptors (Lipinski definition) is 13. The van der Waals surface area contributed by atoms with Crippen LogP contribution in [0.3, 0.4) is 0 Å². The summed E-state index contributed by atoms with van der Waals surface area (Å²) in [5.74, 6) is -4.09. The number of ether oxygens (including phenoxy) is 4. The Kier molecular flexibility index (Phi) is 12.7. The van der Waals surface area contributed by atoms with E-state index in [9.17, 15) is 34.1 Å². The van der Waals surface area contributed by atoms with Gasteiger partial charge in [-0.05, 0) is 23.3 Å². The Morgan fingerprint density at radius 3 is 1.87 bits per heavy atom. The highest BCUT2D eigenvalue weighted by molar-refractivity contribution is 8.09. The molecule has 4 rings (SSSR count). The zero-order valence-corrected chi connectivity index (χ0v) is 29.8. The molecule has 0 bridgehead atoms. The summed E-state index contributed by atoms with van der Waals surface area (Å²) in [6.45, 7) is 3.86. The average Bonchev–Trinajstić information content (AvgIpc) is 3.85. The van der Waals surface area contributed by atoms with Crippen molar-refractivity contribution < 1.29 is 52.6 Å². The number of anilines is 1. The minimum atomic E-state index is -1.70. The van der Waals surface area contributed by atoms with E-state index in [2.05, 4.69) is 0 Å². The predicted molar refractivity (Wildman–Crippen MR) is 187 cm³/mol. The van der Waals surface area contributed by atoms with E-state index in [0.29, 0.717) is 5.56 Å². The first-order chi connectivity index (χ1) is 24.6. The molecule has 1 heterocycles. The number of nitro groups is 1. The van der Waals surface area contributed by atoms with Crippen LogP contribution in [0.2, 0.25) is 0 Å². The lowest BCUT2D eigenvalue weighted by Gasteiger charge is -2.33. The van der Waals surface area contributed by atoms with Gasteiger partial charge in [0.1, 0.15) is 11.4 Å². The smallest absolute Gasteiger partial charge is 0.331 e. The molecule has 1 aliphatic heterocycles. The standard InChI is InChI=1S/C36H37N3O12S/c1-22(40)48-21-30(49-23(2)41)31(50-24(3)42)32(51-25(4)43)33-36(52-33,27-14-10-7-11-15-27)34(44)38(28-16-18-29(19-17-28)39(46)47)35(45)37(5)20-26-12-8-6-9-13-26/h6-19,30-33H,20-21H2,1-5H3/t30-,31-,32+,33+,36+/m1/s1. The van der Waals surface area contributed by atoms with E-state index in [-0.39, 0.29) is 17.9 Å². The van der Waals surface area contributed by atoms with Crippen LogP contribution in [0.4, 0.5) is 16.2 Å². The van der Waals surface area contributed by atoms with E-state index in [1.54, 1.807) is 54.6 Å². The number of esters is 4. The zero-order chi connectivity index (χ0) is 38.2. The first-order valence-corrected chi connectivity index (χ1v) is 16.8. The molecule has 5 atom stereocenters. The topological polar surface area (TPSA) is 189 Å². The molecular weight excluding hydrogens is 698 g/mol. The van der Waals surface area contributed by atoms with Gasteiger partial charge in [0.15, 0.2) is 18.3 Å². The van der Waals surface area contributed by atoms with Crippen molar-refractivity contribution >= 4 is 59.0 Å². The molecule has 1 fully saturated rings. The average molecular weight is 736 g/mol. The molecule has 0 saturated carbocycles. The molecule has 0 radical (unpaired) electrons. The van der Waals surface area contributed by atoms with Crippen molar-refractivity contribution in [3.05, 3.63) is 106 Å². The molecule has 1 aliphatic rings. The summed E-state index contributed by atoms with van der Waals surface area (Å²) in [6, 6.07) is 21.4. The van der Waals surface area contributed by atoms with Gasteiger partial charge < -0.3 is 23.8 Å². The van der Waals surface area contributed by atoms with Crippen molar-refractivity contribution in [2.45, 2.75) is 62.5 Å². The lowest BCUT2D eigenvalue weighted by molar-refractivity contribution is -0.384. The summed E-state index contributed by atoms with van der Waals surface area (Å²) in [6.07, 6.45) is -4.58. The number of amides is 3. The number of nitrogens with zero attached hydrogens (tertiary/aromatic N) is 3. The number of urea groups is 1. The summed E-state index contributed by atoms with van der Waals surface area (Å²) < 4.78 is 20.1. The van der Waals surface area contributed by atoms with Crippen molar-refractivity contribution in [1.29, 1.82) is 0 Å². The van der Waals surface area contributed by atoms with Crippen LogP contribution < -0.4 is 4.90 Å². The van der Waals surface area contributed by atoms with E-state index >= 15 is 4.79 Å². The molecule has 3 amide bonds. The van der Waals surface area contributed by atoms with Crippen LogP contribution in [0.15, 0.2) is 84.9 Å². The summed E-state index contributed by atoms with van der Waals surface area (Å²) in [7, 11) is 1.49. The number of rotatable bonds is 14. The number of benzene rings is 3. The molecule has 3 aromatic carbocycles. The third-order valence-electron chi connectivity index (χ3n) is 7.84. The lowest BCUT2D eigenvalue weighted by atomic mass is 9.88. The van der Waals surface area contributed by atoms with Crippen molar-refractivity contribution in [3.8, 4) is 0 Å². The molecule has 0 spiro atoms. The van der Waals surface area contributed by atoms with E-state index in [0.717, 1.165) is 62.1 Å². The maximum atomic E-state index is 15.2. The van der Waals surface area contributed by atoms with Gasteiger partial charge in [-0.15, -0.1) is 11.8 Å². The predicted octanol–water partition coefficient (Wildman–Crippen LogP) is 4.55. The fourth-order valence-corrected chi connectivity index (χ4v) is 7.14. The number of hydrogen-bond donors (Lipinski definition) is 0. The van der Waals surface area contributed by atoms with Crippen molar-refractivity contribution in [3.63, 3.8) is 0 Å². The SMILES string of the molecule is CC(=O)OC[C@@H](OC(C)=O)[C@@H](OC(C)=O)[C@H](OC(C)=O)[C@@H]1S[C@@]1(C(=O)N(C(=O)N(C)Cc1ccccc1)c1ccc([N+](=O)[O-])cc1)c1ccccc1. The van der Waals surface area contributed by atoms with Gasteiger partial charge >= 0.3 is 29.9 Å². The number of thioether (sulfide) groups is 1. The molecule has 52 heavy (non-hydrogen) atoms. The quantitative estimate of drug-likeness (QED) is 0.0738. The Bertz CT molecular complexity index is 1810. The molecule has 15 nitrogen and oxygen atoms in total. The van der Waals surface area contributed by atoms with Gasteiger partial charge in [0.05, 0.1) is 15.9 Å². The van der Waals surface area contributed by atoms with E-state index in [4.69, 9.17) is 18.9 Å². The summed E-state index contributed by atoms with van der Waals surface area (Å²) in [5.41, 5.74) is 0.869. The number of carbonyl (C=O) groups is 6. The monoisotopic (exact) mass is 735 g/mol. The molecule has 3 aromatic rings. The van der Waals surface area contributed by atoms with E-state index in [1.807, 2.05) is 6.07 Å². The van der Waals surface area contributed by atoms with Gasteiger partial charge in [-0.3, -0.25) is 34.1 Å². The Hall–Kier alpha value is -5.77. The second kappa shape index (κ2) is 17.0. The minimum absolute atomic E-state index is 0.00953. The maximum Gasteiger partial charge on any atom is 0.331 e. The van der Waals surface area contributed by atoms with Crippen molar-refractivity contribution in [2.75, 3.05) is 18.6 Å². The van der Waals surface area contributed by atoms with Crippen LogP contribution in [0.1, 0.15) is 38.8 Å². The largest absolute Gasteiger partial charge is 0.462 e. The second-order valence-corrected chi connectivity index (χ2v) is 13.2. The Morgan fingerprint density at radius 1 is 0.788 bits per heavy atom. The molecule has 0 aromatic heterocycles. The van der Waals surface area contributed by atoms with Crippen LogP contribution >= 0.6 is 11.8 Å². The third kappa shape index (κ3) is 9.31. The van der Waals surface area contributed by atoms with Crippen LogP contribution in [-0.4, -0.2) is 82.9 Å². The van der Waals surface area contributed by atoms with Gasteiger partial charge in [-0.1, -0.05) is 60.7 Å². The number of non-ortho nitro benzene ring substituents is 1. The highest BCUT2D eigenvalue weighted by Gasteiger charge is 2.70. The van der Waals surface area contributed by atoms with Crippen molar-refractivity contribution in [1.82, 2.24) is 4.90 Å². The summed E-state index contributed by atoms with van der Waals surface area (Å²) >= 11 is 0.989. The van der Waals surface area contributed by atoms with Crippen LogP contribution in [-0.2, 0) is 54.2 Å². The summed E-state index contributed by atoms with van der Waals surface area (Å²) in [5, 5.41) is 10.4. The lowest BCUT2D eigenvalue weighted by Crippen LogP contribution is -2.54. The van der Waals surface area contributed by atoms with Gasteiger partial charge in [0, 0.05) is 53.4 Å². The molecule has 0 aliphatic carbocycles. The first kappa shape index (κ1) is 39.0. The van der Waals surface area contributed by atoms with Gasteiger partial charge in [0.25, 0.3) is 11.6 Å². The van der Waals surface area contributed by atoms with Crippen molar-refractivity contribution in [2.24, 2.45) is 0 Å². The van der Waals surface area contributed by atoms with Crippen LogP contribution in [0.25, 0.3) is 0 Å². The number of imide groups is 1. The highest BCUT2D eigenvalue weighted by atomic mass is 32.2. The molecule has 274 valence electrons. The maximum absolute atomic E-state index is 15.2. The first-order valence-electron chi connectivity index (χ1n) is 15.9. The van der Waals surface area contributed by atoms with Crippen LogP contribution in [0, 0.1) is 10.1 Å². The van der Waals surface area contributed by atoms with E-state index < -0.39 is 75.7 Å². The number of nitro benzene ring substituents is 1. The zero-order valence-electron chi connectivity index (χ0n) is 29.0. The van der Waals surface area contributed by atoms with Gasteiger partial charge in [0.2, 0.25) is 0 Å². The molecule has 16 heteroatoms. The highest BCUT2D eigenvalue weighted by Crippen LogP contribution is 2.65. The fraction of sp³-hybridized carbons (Fsp3) is 0.333. The fourth-order valence-electron chi connectivity index (χ4n) is 5.63.